The highest BCUT2D eigenvalue weighted by Crippen LogP contribution is 2.33. The topological polar surface area (TPSA) is 78.3 Å². The van der Waals surface area contributed by atoms with Crippen LogP contribution in [0, 0.1) is 0 Å². The smallest absolute Gasteiger partial charge is 0.269 e. The molecule has 4 rings (SSSR count). The molecule has 7 heteroatoms. The average Bonchev–Trinajstić information content (AvgIpc) is 3.16. The van der Waals surface area contributed by atoms with Gasteiger partial charge in [0.1, 0.15) is 18.8 Å². The van der Waals surface area contributed by atoms with Crippen molar-refractivity contribution >= 4 is 11.6 Å². The van der Waals surface area contributed by atoms with E-state index in [1.807, 2.05) is 49.4 Å². The maximum atomic E-state index is 12.8. The van der Waals surface area contributed by atoms with Gasteiger partial charge in [-0.15, -0.1) is 0 Å². The molecule has 1 aromatic heterocycles. The molecule has 2 aromatic carbocycles. The predicted octanol–water partition coefficient (Wildman–Crippen LogP) is 2.49. The first kappa shape index (κ1) is 16.1. The Morgan fingerprint density at radius 1 is 1.12 bits per heavy atom. The SMILES string of the molecule is CC1Oc2ccccc2OC1C(=O)Nc1ccccc1Cn1cncn1. The second-order valence-electron chi connectivity index (χ2n) is 6.05. The minimum atomic E-state index is -0.732. The molecule has 0 bridgehead atoms. The van der Waals surface area contributed by atoms with Gasteiger partial charge in [0.05, 0.1) is 6.54 Å². The second kappa shape index (κ2) is 6.87. The zero-order chi connectivity index (χ0) is 17.9. The van der Waals surface area contributed by atoms with Gasteiger partial charge in [-0.25, -0.2) is 9.67 Å². The molecule has 0 saturated heterocycles. The summed E-state index contributed by atoms with van der Waals surface area (Å²) in [6.45, 7) is 2.33. The van der Waals surface area contributed by atoms with Crippen molar-refractivity contribution in [3.05, 3.63) is 66.7 Å². The molecule has 3 aromatic rings. The molecule has 2 heterocycles. The Morgan fingerprint density at radius 2 is 1.85 bits per heavy atom. The summed E-state index contributed by atoms with van der Waals surface area (Å²) in [6, 6.07) is 14.9. The Morgan fingerprint density at radius 3 is 2.62 bits per heavy atom. The molecule has 0 aliphatic carbocycles. The van der Waals surface area contributed by atoms with Gasteiger partial charge in [-0.3, -0.25) is 4.79 Å². The van der Waals surface area contributed by atoms with E-state index in [4.69, 9.17) is 9.47 Å². The van der Waals surface area contributed by atoms with E-state index in [-0.39, 0.29) is 5.91 Å². The average molecular weight is 350 g/mol. The molecule has 1 aliphatic heterocycles. The fourth-order valence-corrected chi connectivity index (χ4v) is 2.88. The summed E-state index contributed by atoms with van der Waals surface area (Å²) >= 11 is 0. The third kappa shape index (κ3) is 3.23. The Labute approximate surface area is 150 Å². The molecular formula is C19H18N4O3. The highest BCUT2D eigenvalue weighted by atomic mass is 16.6. The molecule has 7 nitrogen and oxygen atoms in total. The van der Waals surface area contributed by atoms with Gasteiger partial charge in [-0.05, 0) is 30.7 Å². The zero-order valence-electron chi connectivity index (χ0n) is 14.2. The van der Waals surface area contributed by atoms with Gasteiger partial charge >= 0.3 is 0 Å². The van der Waals surface area contributed by atoms with Crippen LogP contribution in [0.4, 0.5) is 5.69 Å². The number of ether oxygens (including phenoxy) is 2. The van der Waals surface area contributed by atoms with Crippen LogP contribution in [0.3, 0.4) is 0 Å². The van der Waals surface area contributed by atoms with Crippen molar-refractivity contribution < 1.29 is 14.3 Å². The standard InChI is InChI=1S/C19H18N4O3/c1-13-18(26-17-9-5-4-8-16(17)25-13)19(24)22-15-7-3-2-6-14(15)10-23-12-20-11-21-23/h2-9,11-13,18H,10H2,1H3,(H,22,24). The van der Waals surface area contributed by atoms with Gasteiger partial charge in [0.2, 0.25) is 6.10 Å². The number of rotatable bonds is 4. The number of aromatic nitrogens is 3. The van der Waals surface area contributed by atoms with Crippen LogP contribution in [-0.2, 0) is 11.3 Å². The number of nitrogens with zero attached hydrogens (tertiary/aromatic N) is 3. The van der Waals surface area contributed by atoms with E-state index < -0.39 is 12.2 Å². The summed E-state index contributed by atoms with van der Waals surface area (Å²) in [7, 11) is 0. The maximum absolute atomic E-state index is 12.8. The molecule has 2 atom stereocenters. The van der Waals surface area contributed by atoms with Crippen LogP contribution in [0.1, 0.15) is 12.5 Å². The molecule has 0 fully saturated rings. The quantitative estimate of drug-likeness (QED) is 0.782. The molecular weight excluding hydrogens is 332 g/mol. The van der Waals surface area contributed by atoms with Crippen LogP contribution >= 0.6 is 0 Å². The van der Waals surface area contributed by atoms with Crippen molar-refractivity contribution in [2.75, 3.05) is 5.32 Å². The third-order valence-electron chi connectivity index (χ3n) is 4.17. The molecule has 0 radical (unpaired) electrons. The van der Waals surface area contributed by atoms with Gasteiger partial charge < -0.3 is 14.8 Å². The first-order chi connectivity index (χ1) is 12.7. The Kier molecular flexibility index (Phi) is 4.27. The number of hydrogen-bond acceptors (Lipinski definition) is 5. The lowest BCUT2D eigenvalue weighted by Crippen LogP contribution is -2.46. The Bertz CT molecular complexity index is 911. The minimum absolute atomic E-state index is 0.252. The lowest BCUT2D eigenvalue weighted by molar-refractivity contribution is -0.128. The van der Waals surface area contributed by atoms with Crippen molar-refractivity contribution in [3.63, 3.8) is 0 Å². The molecule has 132 valence electrons. The number of anilines is 1. The molecule has 0 saturated carbocycles. The van der Waals surface area contributed by atoms with Crippen LogP contribution < -0.4 is 14.8 Å². The molecule has 1 N–H and O–H groups in total. The van der Waals surface area contributed by atoms with E-state index in [9.17, 15) is 4.79 Å². The Hall–Kier alpha value is -3.35. The van der Waals surface area contributed by atoms with Gasteiger partial charge in [-0.1, -0.05) is 30.3 Å². The van der Waals surface area contributed by atoms with Crippen molar-refractivity contribution in [2.45, 2.75) is 25.7 Å². The number of carbonyl (C=O) groups excluding carboxylic acids is 1. The summed E-state index contributed by atoms with van der Waals surface area (Å²) in [5.41, 5.74) is 1.64. The normalized spacial score (nSPS) is 18.3. The third-order valence-corrected chi connectivity index (χ3v) is 4.17. The van der Waals surface area contributed by atoms with E-state index >= 15 is 0 Å². The van der Waals surface area contributed by atoms with Crippen molar-refractivity contribution in [1.29, 1.82) is 0 Å². The Balaban J connectivity index is 1.52. The molecule has 2 unspecified atom stereocenters. The summed E-state index contributed by atoms with van der Waals surface area (Å²) in [4.78, 5) is 16.7. The minimum Gasteiger partial charge on any atom is -0.482 e. The van der Waals surface area contributed by atoms with Crippen LogP contribution in [0.15, 0.2) is 61.2 Å². The largest absolute Gasteiger partial charge is 0.482 e. The zero-order valence-corrected chi connectivity index (χ0v) is 14.2. The van der Waals surface area contributed by atoms with Crippen LogP contribution in [0.2, 0.25) is 0 Å². The van der Waals surface area contributed by atoms with E-state index in [2.05, 4.69) is 15.4 Å². The lowest BCUT2D eigenvalue weighted by Gasteiger charge is -2.31. The van der Waals surface area contributed by atoms with Crippen molar-refractivity contribution in [2.24, 2.45) is 0 Å². The fourth-order valence-electron chi connectivity index (χ4n) is 2.88. The summed E-state index contributed by atoms with van der Waals surface area (Å²) in [6.07, 6.45) is 1.99. The van der Waals surface area contributed by atoms with Gasteiger partial charge in [-0.2, -0.15) is 5.10 Å². The molecule has 26 heavy (non-hydrogen) atoms. The summed E-state index contributed by atoms with van der Waals surface area (Å²) in [5.74, 6) is 0.968. The van der Waals surface area contributed by atoms with E-state index in [0.29, 0.717) is 23.7 Å². The van der Waals surface area contributed by atoms with E-state index in [1.165, 1.54) is 6.33 Å². The van der Waals surface area contributed by atoms with Crippen molar-refractivity contribution in [3.8, 4) is 11.5 Å². The first-order valence-electron chi connectivity index (χ1n) is 8.34. The van der Waals surface area contributed by atoms with E-state index in [1.54, 1.807) is 17.1 Å². The number of para-hydroxylation sites is 3. The van der Waals surface area contributed by atoms with Gasteiger partial charge in [0, 0.05) is 5.69 Å². The maximum Gasteiger partial charge on any atom is 0.269 e. The van der Waals surface area contributed by atoms with Gasteiger partial charge in [0.15, 0.2) is 11.5 Å². The first-order valence-corrected chi connectivity index (χ1v) is 8.34. The number of hydrogen-bond donors (Lipinski definition) is 1. The number of benzene rings is 2. The second-order valence-corrected chi connectivity index (χ2v) is 6.05. The van der Waals surface area contributed by atoms with Crippen LogP contribution in [-0.4, -0.2) is 32.9 Å². The fraction of sp³-hybridized carbons (Fsp3) is 0.211. The number of amides is 1. The number of fused-ring (bicyclic) bond motifs is 1. The molecule has 1 amide bonds. The number of nitrogens with one attached hydrogen (secondary N) is 1. The number of carbonyl (C=O) groups is 1. The van der Waals surface area contributed by atoms with Crippen molar-refractivity contribution in [1.82, 2.24) is 14.8 Å². The summed E-state index contributed by atoms with van der Waals surface area (Å²) < 4.78 is 13.4. The van der Waals surface area contributed by atoms with E-state index in [0.717, 1.165) is 5.56 Å². The van der Waals surface area contributed by atoms with Crippen LogP contribution in [0.5, 0.6) is 11.5 Å². The lowest BCUT2D eigenvalue weighted by atomic mass is 10.1. The summed E-state index contributed by atoms with van der Waals surface area (Å²) in [5, 5.41) is 7.06. The highest BCUT2D eigenvalue weighted by Gasteiger charge is 2.34. The molecule has 1 aliphatic rings. The van der Waals surface area contributed by atoms with Gasteiger partial charge in [0.25, 0.3) is 5.91 Å². The monoisotopic (exact) mass is 350 g/mol. The highest BCUT2D eigenvalue weighted by molar-refractivity contribution is 5.95. The van der Waals surface area contributed by atoms with Crippen LogP contribution in [0.25, 0.3) is 0 Å². The molecule has 0 spiro atoms. The predicted molar refractivity (Wildman–Crippen MR) is 95.1 cm³/mol.